The van der Waals surface area contributed by atoms with E-state index in [4.69, 9.17) is 0 Å². The molecule has 1 aromatic carbocycles. The maximum absolute atomic E-state index is 11.0. The Hall–Kier alpha value is -2.50. The van der Waals surface area contributed by atoms with Gasteiger partial charge in [-0.2, -0.15) is 0 Å². The first kappa shape index (κ1) is 12.9. The Morgan fingerprint density at radius 3 is 2.74 bits per heavy atom. The van der Waals surface area contributed by atoms with Crippen LogP contribution >= 0.6 is 0 Å². The van der Waals surface area contributed by atoms with E-state index in [2.05, 4.69) is 15.3 Å². The Balaban J connectivity index is 2.31. The Labute approximate surface area is 110 Å². The number of nitrogens with one attached hydrogen (secondary N) is 1. The minimum atomic E-state index is -0.366. The SMILES string of the molecule is CCc1ccc(Nc2cc(C)ncn2)cc1[N+](=O)[O-]. The van der Waals surface area contributed by atoms with Crippen LogP contribution in [-0.4, -0.2) is 14.9 Å². The standard InChI is InChI=1S/C13H14N4O2/c1-3-10-4-5-11(7-12(10)17(18)19)16-13-6-9(2)14-8-15-13/h4-8H,3H2,1-2H3,(H,14,15,16). The van der Waals surface area contributed by atoms with Gasteiger partial charge in [0.2, 0.25) is 0 Å². The van der Waals surface area contributed by atoms with Crippen LogP contribution in [0.3, 0.4) is 0 Å². The molecule has 0 unspecified atom stereocenters. The number of aryl methyl sites for hydroxylation is 2. The average molecular weight is 258 g/mol. The Bertz CT molecular complexity index is 613. The van der Waals surface area contributed by atoms with Gasteiger partial charge in [-0.05, 0) is 19.4 Å². The third kappa shape index (κ3) is 3.04. The van der Waals surface area contributed by atoms with Gasteiger partial charge in [-0.25, -0.2) is 9.97 Å². The highest BCUT2D eigenvalue weighted by Gasteiger charge is 2.13. The molecule has 19 heavy (non-hydrogen) atoms. The first-order valence-corrected chi connectivity index (χ1v) is 5.93. The molecule has 0 bridgehead atoms. The summed E-state index contributed by atoms with van der Waals surface area (Å²) in [4.78, 5) is 18.7. The van der Waals surface area contributed by atoms with Crippen molar-refractivity contribution in [2.45, 2.75) is 20.3 Å². The van der Waals surface area contributed by atoms with Crippen LogP contribution in [0.4, 0.5) is 17.2 Å². The molecule has 0 amide bonds. The second-order valence-corrected chi connectivity index (χ2v) is 4.12. The summed E-state index contributed by atoms with van der Waals surface area (Å²) in [6, 6.07) is 6.87. The summed E-state index contributed by atoms with van der Waals surface area (Å²) in [5.74, 6) is 0.617. The smallest absolute Gasteiger partial charge is 0.274 e. The molecule has 1 aromatic heterocycles. The summed E-state index contributed by atoms with van der Waals surface area (Å²) >= 11 is 0. The van der Waals surface area contributed by atoms with E-state index < -0.39 is 0 Å². The molecule has 6 nitrogen and oxygen atoms in total. The molecule has 0 aliphatic rings. The highest BCUT2D eigenvalue weighted by atomic mass is 16.6. The van der Waals surface area contributed by atoms with Crippen LogP contribution in [0.1, 0.15) is 18.2 Å². The maximum Gasteiger partial charge on any atom is 0.274 e. The predicted octanol–water partition coefficient (Wildman–Crippen LogP) is 3.00. The molecule has 0 aliphatic heterocycles. The molecule has 0 aliphatic carbocycles. The maximum atomic E-state index is 11.0. The second-order valence-electron chi connectivity index (χ2n) is 4.12. The van der Waals surface area contributed by atoms with Crippen molar-refractivity contribution >= 4 is 17.2 Å². The number of hydrogen-bond donors (Lipinski definition) is 1. The van der Waals surface area contributed by atoms with Gasteiger partial charge in [-0.3, -0.25) is 10.1 Å². The molecule has 0 spiro atoms. The van der Waals surface area contributed by atoms with E-state index >= 15 is 0 Å². The quantitative estimate of drug-likeness (QED) is 0.673. The zero-order chi connectivity index (χ0) is 13.8. The van der Waals surface area contributed by atoms with Crippen LogP contribution in [0, 0.1) is 17.0 Å². The minimum absolute atomic E-state index is 0.123. The molecule has 1 heterocycles. The molecule has 0 saturated heterocycles. The lowest BCUT2D eigenvalue weighted by atomic mass is 10.1. The van der Waals surface area contributed by atoms with Crippen molar-refractivity contribution in [1.82, 2.24) is 9.97 Å². The van der Waals surface area contributed by atoms with Gasteiger partial charge in [0.25, 0.3) is 5.69 Å². The number of anilines is 2. The fourth-order valence-corrected chi connectivity index (χ4v) is 1.78. The van der Waals surface area contributed by atoms with Crippen LogP contribution in [0.25, 0.3) is 0 Å². The Morgan fingerprint density at radius 2 is 2.11 bits per heavy atom. The lowest BCUT2D eigenvalue weighted by Crippen LogP contribution is -1.99. The largest absolute Gasteiger partial charge is 0.340 e. The normalized spacial score (nSPS) is 10.2. The lowest BCUT2D eigenvalue weighted by molar-refractivity contribution is -0.385. The Kier molecular flexibility index (Phi) is 3.70. The van der Waals surface area contributed by atoms with Gasteiger partial charge >= 0.3 is 0 Å². The van der Waals surface area contributed by atoms with E-state index in [0.29, 0.717) is 17.9 Å². The van der Waals surface area contributed by atoms with E-state index in [9.17, 15) is 10.1 Å². The second kappa shape index (κ2) is 5.43. The third-order valence-corrected chi connectivity index (χ3v) is 2.74. The van der Waals surface area contributed by atoms with E-state index in [1.807, 2.05) is 19.9 Å². The monoisotopic (exact) mass is 258 g/mol. The van der Waals surface area contributed by atoms with E-state index in [1.54, 1.807) is 12.1 Å². The van der Waals surface area contributed by atoms with Gasteiger partial charge in [0.05, 0.1) is 4.92 Å². The molecule has 98 valence electrons. The molecule has 6 heteroatoms. The van der Waals surface area contributed by atoms with Crippen LogP contribution in [0.2, 0.25) is 0 Å². The zero-order valence-corrected chi connectivity index (χ0v) is 10.8. The van der Waals surface area contributed by atoms with Gasteiger partial charge in [-0.15, -0.1) is 0 Å². The summed E-state index contributed by atoms with van der Waals surface area (Å²) in [6.45, 7) is 3.75. The highest BCUT2D eigenvalue weighted by Crippen LogP contribution is 2.25. The van der Waals surface area contributed by atoms with Crippen molar-refractivity contribution in [1.29, 1.82) is 0 Å². The molecule has 2 rings (SSSR count). The molecular formula is C13H14N4O2. The van der Waals surface area contributed by atoms with Crippen molar-refractivity contribution in [2.24, 2.45) is 0 Å². The highest BCUT2D eigenvalue weighted by molar-refractivity contribution is 5.61. The Morgan fingerprint density at radius 1 is 1.32 bits per heavy atom. The van der Waals surface area contributed by atoms with E-state index in [0.717, 1.165) is 11.3 Å². The van der Waals surface area contributed by atoms with Crippen LogP contribution in [0.5, 0.6) is 0 Å². The number of benzene rings is 1. The molecule has 0 atom stereocenters. The van der Waals surface area contributed by atoms with Gasteiger partial charge in [-0.1, -0.05) is 13.0 Å². The molecule has 0 fully saturated rings. The molecule has 0 radical (unpaired) electrons. The predicted molar refractivity (Wildman–Crippen MR) is 72.5 cm³/mol. The summed E-state index contributed by atoms with van der Waals surface area (Å²) < 4.78 is 0. The summed E-state index contributed by atoms with van der Waals surface area (Å²) in [6.07, 6.45) is 2.08. The van der Waals surface area contributed by atoms with E-state index in [1.165, 1.54) is 12.4 Å². The van der Waals surface area contributed by atoms with Gasteiger partial charge in [0.1, 0.15) is 12.1 Å². The lowest BCUT2D eigenvalue weighted by Gasteiger charge is -2.07. The first-order chi connectivity index (χ1) is 9.10. The number of hydrogen-bond acceptors (Lipinski definition) is 5. The summed E-state index contributed by atoms with van der Waals surface area (Å²) in [5.41, 5.74) is 2.31. The molecule has 1 N–H and O–H groups in total. The zero-order valence-electron chi connectivity index (χ0n) is 10.8. The number of aromatic nitrogens is 2. The minimum Gasteiger partial charge on any atom is -0.340 e. The first-order valence-electron chi connectivity index (χ1n) is 5.93. The van der Waals surface area contributed by atoms with Crippen molar-refractivity contribution in [3.63, 3.8) is 0 Å². The van der Waals surface area contributed by atoms with Gasteiger partial charge < -0.3 is 5.32 Å². The number of nitrogens with zero attached hydrogens (tertiary/aromatic N) is 3. The third-order valence-electron chi connectivity index (χ3n) is 2.74. The van der Waals surface area contributed by atoms with Gasteiger partial charge in [0.15, 0.2) is 0 Å². The molecular weight excluding hydrogens is 244 g/mol. The number of rotatable bonds is 4. The molecule has 2 aromatic rings. The van der Waals surface area contributed by atoms with Crippen molar-refractivity contribution in [3.8, 4) is 0 Å². The summed E-state index contributed by atoms with van der Waals surface area (Å²) in [5, 5.41) is 14.0. The van der Waals surface area contributed by atoms with Crippen LogP contribution in [0.15, 0.2) is 30.6 Å². The molecule has 0 saturated carbocycles. The fraction of sp³-hybridized carbons (Fsp3) is 0.231. The van der Waals surface area contributed by atoms with Crippen LogP contribution in [-0.2, 0) is 6.42 Å². The van der Waals surface area contributed by atoms with E-state index in [-0.39, 0.29) is 10.6 Å². The number of nitro groups is 1. The van der Waals surface area contributed by atoms with Crippen LogP contribution < -0.4 is 5.32 Å². The van der Waals surface area contributed by atoms with Crippen molar-refractivity contribution in [3.05, 3.63) is 52.0 Å². The fourth-order valence-electron chi connectivity index (χ4n) is 1.78. The van der Waals surface area contributed by atoms with Crippen molar-refractivity contribution < 1.29 is 4.92 Å². The topological polar surface area (TPSA) is 81.0 Å². The van der Waals surface area contributed by atoms with Gasteiger partial charge in [0, 0.05) is 29.1 Å². The number of nitro benzene ring substituents is 1. The van der Waals surface area contributed by atoms with Crippen molar-refractivity contribution in [2.75, 3.05) is 5.32 Å². The summed E-state index contributed by atoms with van der Waals surface area (Å²) in [7, 11) is 0. The average Bonchev–Trinajstić information content (AvgIpc) is 2.38.